The lowest BCUT2D eigenvalue weighted by Crippen LogP contribution is -2.18. The van der Waals surface area contributed by atoms with Gasteiger partial charge in [-0.25, -0.2) is 4.68 Å². The Bertz CT molecular complexity index is 474. The molecule has 0 saturated carbocycles. The zero-order valence-electron chi connectivity index (χ0n) is 10.3. The standard InChI is InChI=1S/C12H18N4O/c1-3-6-16-10(8-14-15-16)12(13)9-5-7-17-11(9)4-2/h5,7-8,12H,3-4,6,13H2,1-2H3. The molecule has 2 aromatic rings. The number of nitrogens with two attached hydrogens (primary N) is 1. The number of aromatic nitrogens is 3. The maximum Gasteiger partial charge on any atom is 0.108 e. The number of nitrogens with zero attached hydrogens (tertiary/aromatic N) is 3. The predicted octanol–water partition coefficient (Wildman–Crippen LogP) is 1.89. The zero-order valence-corrected chi connectivity index (χ0v) is 10.3. The molecule has 0 radical (unpaired) electrons. The second-order valence-electron chi connectivity index (χ2n) is 4.01. The molecule has 0 aliphatic carbocycles. The van der Waals surface area contributed by atoms with Crippen LogP contribution in [0.4, 0.5) is 0 Å². The first kappa shape index (κ1) is 11.9. The fourth-order valence-electron chi connectivity index (χ4n) is 1.97. The van der Waals surface area contributed by atoms with Crippen LogP contribution in [0.3, 0.4) is 0 Å². The van der Waals surface area contributed by atoms with Crippen LogP contribution in [0.25, 0.3) is 0 Å². The van der Waals surface area contributed by atoms with Crippen molar-refractivity contribution >= 4 is 0 Å². The SMILES string of the molecule is CCCn1nncc1C(N)c1ccoc1CC. The van der Waals surface area contributed by atoms with Crippen molar-refractivity contribution in [3.8, 4) is 0 Å². The predicted molar refractivity (Wildman–Crippen MR) is 64.4 cm³/mol. The Morgan fingerprint density at radius 1 is 1.47 bits per heavy atom. The highest BCUT2D eigenvalue weighted by Crippen LogP contribution is 2.23. The molecule has 92 valence electrons. The molecule has 0 aromatic carbocycles. The summed E-state index contributed by atoms with van der Waals surface area (Å²) in [6.07, 6.45) is 5.26. The third-order valence-electron chi connectivity index (χ3n) is 2.84. The van der Waals surface area contributed by atoms with Crippen LogP contribution >= 0.6 is 0 Å². The van der Waals surface area contributed by atoms with Gasteiger partial charge >= 0.3 is 0 Å². The normalized spacial score (nSPS) is 12.9. The van der Waals surface area contributed by atoms with Crippen molar-refractivity contribution in [2.45, 2.75) is 39.3 Å². The second kappa shape index (κ2) is 5.14. The van der Waals surface area contributed by atoms with Gasteiger partial charge in [0.25, 0.3) is 0 Å². The average Bonchev–Trinajstić information content (AvgIpc) is 2.96. The largest absolute Gasteiger partial charge is 0.469 e. The number of hydrogen-bond acceptors (Lipinski definition) is 4. The summed E-state index contributed by atoms with van der Waals surface area (Å²) in [5.41, 5.74) is 8.21. The summed E-state index contributed by atoms with van der Waals surface area (Å²) in [4.78, 5) is 0. The Kier molecular flexibility index (Phi) is 3.58. The molecule has 0 fully saturated rings. The van der Waals surface area contributed by atoms with Crippen molar-refractivity contribution in [2.24, 2.45) is 5.73 Å². The van der Waals surface area contributed by atoms with E-state index < -0.39 is 0 Å². The summed E-state index contributed by atoms with van der Waals surface area (Å²) in [5.74, 6) is 0.932. The van der Waals surface area contributed by atoms with E-state index in [0.29, 0.717) is 0 Å². The number of hydrogen-bond donors (Lipinski definition) is 1. The van der Waals surface area contributed by atoms with E-state index in [9.17, 15) is 0 Å². The zero-order chi connectivity index (χ0) is 12.3. The van der Waals surface area contributed by atoms with E-state index in [1.165, 1.54) is 0 Å². The van der Waals surface area contributed by atoms with Crippen molar-refractivity contribution in [2.75, 3.05) is 0 Å². The van der Waals surface area contributed by atoms with Crippen LogP contribution in [-0.4, -0.2) is 15.0 Å². The maximum atomic E-state index is 6.25. The van der Waals surface area contributed by atoms with Crippen molar-refractivity contribution < 1.29 is 4.42 Å². The Morgan fingerprint density at radius 2 is 2.29 bits per heavy atom. The van der Waals surface area contributed by atoms with Gasteiger partial charge in [-0.1, -0.05) is 19.1 Å². The first-order valence-electron chi connectivity index (χ1n) is 5.98. The van der Waals surface area contributed by atoms with Crippen LogP contribution in [0, 0.1) is 0 Å². The number of furan rings is 1. The third-order valence-corrected chi connectivity index (χ3v) is 2.84. The van der Waals surface area contributed by atoms with Gasteiger partial charge in [0.1, 0.15) is 5.76 Å². The van der Waals surface area contributed by atoms with Crippen molar-refractivity contribution in [1.29, 1.82) is 0 Å². The van der Waals surface area contributed by atoms with Crippen LogP contribution in [0.1, 0.15) is 43.3 Å². The molecule has 2 N–H and O–H groups in total. The summed E-state index contributed by atoms with van der Waals surface area (Å²) in [5, 5.41) is 7.98. The fraction of sp³-hybridized carbons (Fsp3) is 0.500. The summed E-state index contributed by atoms with van der Waals surface area (Å²) in [6.45, 7) is 4.99. The van der Waals surface area contributed by atoms with E-state index in [-0.39, 0.29) is 6.04 Å². The van der Waals surface area contributed by atoms with Gasteiger partial charge in [-0.2, -0.15) is 0 Å². The van der Waals surface area contributed by atoms with Gasteiger partial charge < -0.3 is 10.2 Å². The molecule has 1 atom stereocenters. The molecule has 0 bridgehead atoms. The van der Waals surface area contributed by atoms with Crippen molar-refractivity contribution in [3.05, 3.63) is 35.5 Å². The molecule has 0 saturated heterocycles. The average molecular weight is 234 g/mol. The number of rotatable bonds is 5. The van der Waals surface area contributed by atoms with E-state index in [4.69, 9.17) is 10.2 Å². The van der Waals surface area contributed by atoms with Crippen molar-refractivity contribution in [1.82, 2.24) is 15.0 Å². The van der Waals surface area contributed by atoms with E-state index in [1.54, 1.807) is 12.5 Å². The minimum absolute atomic E-state index is 0.217. The summed E-state index contributed by atoms with van der Waals surface area (Å²) >= 11 is 0. The molecule has 0 aliphatic heterocycles. The topological polar surface area (TPSA) is 69.9 Å². The van der Waals surface area contributed by atoms with Gasteiger partial charge in [0.15, 0.2) is 0 Å². The highest BCUT2D eigenvalue weighted by atomic mass is 16.3. The molecule has 5 nitrogen and oxygen atoms in total. The third kappa shape index (κ3) is 2.24. The monoisotopic (exact) mass is 234 g/mol. The van der Waals surface area contributed by atoms with Gasteiger partial charge in [-0.15, -0.1) is 5.10 Å². The lowest BCUT2D eigenvalue weighted by Gasteiger charge is -2.12. The molecule has 2 aromatic heterocycles. The minimum Gasteiger partial charge on any atom is -0.469 e. The quantitative estimate of drug-likeness (QED) is 0.857. The van der Waals surface area contributed by atoms with Crippen LogP contribution < -0.4 is 5.73 Å². The lowest BCUT2D eigenvalue weighted by molar-refractivity contribution is 0.503. The van der Waals surface area contributed by atoms with Gasteiger partial charge in [0.05, 0.1) is 24.2 Å². The molecule has 17 heavy (non-hydrogen) atoms. The molecule has 0 amide bonds. The smallest absolute Gasteiger partial charge is 0.108 e. The van der Waals surface area contributed by atoms with Crippen LogP contribution in [0.2, 0.25) is 0 Å². The Balaban J connectivity index is 2.30. The highest BCUT2D eigenvalue weighted by Gasteiger charge is 2.19. The first-order valence-corrected chi connectivity index (χ1v) is 5.98. The van der Waals surface area contributed by atoms with Crippen LogP contribution in [0.15, 0.2) is 22.9 Å². The molecular formula is C12H18N4O. The van der Waals surface area contributed by atoms with E-state index in [0.717, 1.165) is 36.4 Å². The van der Waals surface area contributed by atoms with Gasteiger partial charge in [0, 0.05) is 18.5 Å². The maximum absolute atomic E-state index is 6.25. The van der Waals surface area contributed by atoms with Gasteiger partial charge in [-0.05, 0) is 12.5 Å². The first-order chi connectivity index (χ1) is 8.27. The molecule has 0 spiro atoms. The van der Waals surface area contributed by atoms with Crippen molar-refractivity contribution in [3.63, 3.8) is 0 Å². The molecule has 0 aliphatic rings. The Hall–Kier alpha value is -1.62. The summed E-state index contributed by atoms with van der Waals surface area (Å²) < 4.78 is 7.26. The van der Waals surface area contributed by atoms with E-state index >= 15 is 0 Å². The van der Waals surface area contributed by atoms with Gasteiger partial charge in [0.2, 0.25) is 0 Å². The van der Waals surface area contributed by atoms with Crippen LogP contribution in [-0.2, 0) is 13.0 Å². The number of aryl methyl sites for hydroxylation is 2. The molecule has 5 heteroatoms. The molecule has 2 rings (SSSR count). The second-order valence-corrected chi connectivity index (χ2v) is 4.01. The Labute approximate surface area is 101 Å². The lowest BCUT2D eigenvalue weighted by atomic mass is 10.0. The van der Waals surface area contributed by atoms with Gasteiger partial charge in [-0.3, -0.25) is 0 Å². The molecule has 2 heterocycles. The fourth-order valence-corrected chi connectivity index (χ4v) is 1.97. The summed E-state index contributed by atoms with van der Waals surface area (Å²) in [7, 11) is 0. The molecule has 1 unspecified atom stereocenters. The molecular weight excluding hydrogens is 216 g/mol. The van der Waals surface area contributed by atoms with Crippen LogP contribution in [0.5, 0.6) is 0 Å². The summed E-state index contributed by atoms with van der Waals surface area (Å²) in [6, 6.07) is 1.71. The Morgan fingerprint density at radius 3 is 3.00 bits per heavy atom. The highest BCUT2D eigenvalue weighted by molar-refractivity contribution is 5.28. The van der Waals surface area contributed by atoms with E-state index in [1.807, 2.05) is 10.7 Å². The minimum atomic E-state index is -0.217. The van der Waals surface area contributed by atoms with E-state index in [2.05, 4.69) is 24.2 Å².